The normalized spacial score (nSPS) is 15.0. The van der Waals surface area contributed by atoms with Crippen molar-refractivity contribution in [1.82, 2.24) is 9.78 Å². The van der Waals surface area contributed by atoms with Gasteiger partial charge in [-0.15, -0.1) is 0 Å². The number of allylic oxidation sites excluding steroid dienone is 1. The average Bonchev–Trinajstić information content (AvgIpc) is 3.13. The van der Waals surface area contributed by atoms with Gasteiger partial charge in [0.05, 0.1) is 6.20 Å². The zero-order valence-corrected chi connectivity index (χ0v) is 15.7. The first-order valence-corrected chi connectivity index (χ1v) is 8.96. The molecule has 2 aromatic carbocycles. The maximum atomic E-state index is 14.4. The first kappa shape index (κ1) is 19.3. The van der Waals surface area contributed by atoms with Crippen molar-refractivity contribution >= 4 is 23.4 Å². The Hall–Kier alpha value is -4.01. The predicted octanol–water partition coefficient (Wildman–Crippen LogP) is 3.71. The van der Waals surface area contributed by atoms with Crippen molar-refractivity contribution < 1.29 is 23.5 Å². The number of aryl methyl sites for hydroxylation is 1. The van der Waals surface area contributed by atoms with Crippen molar-refractivity contribution in [1.29, 1.82) is 0 Å². The van der Waals surface area contributed by atoms with E-state index in [0.717, 1.165) is 11.6 Å². The molecular formula is C21H16F2N4O3. The van der Waals surface area contributed by atoms with E-state index in [-0.39, 0.29) is 22.6 Å². The van der Waals surface area contributed by atoms with Crippen LogP contribution in [0.15, 0.2) is 60.4 Å². The fraction of sp³-hybridized carbons (Fsp3) is 0.0952. The number of amides is 1. The zero-order valence-electron chi connectivity index (χ0n) is 15.7. The molecule has 1 aliphatic heterocycles. The van der Waals surface area contributed by atoms with Crippen LogP contribution >= 0.6 is 0 Å². The van der Waals surface area contributed by atoms with Gasteiger partial charge in [-0.25, -0.2) is 18.3 Å². The van der Waals surface area contributed by atoms with E-state index in [1.807, 2.05) is 19.1 Å². The Morgan fingerprint density at radius 3 is 2.57 bits per heavy atom. The number of nitrogens with zero attached hydrogens (tertiary/aromatic N) is 2. The molecule has 1 atom stereocenters. The third-order valence-corrected chi connectivity index (χ3v) is 4.70. The second-order valence-electron chi connectivity index (χ2n) is 6.79. The van der Waals surface area contributed by atoms with Gasteiger partial charge in [-0.2, -0.15) is 5.10 Å². The maximum Gasteiger partial charge on any atom is 0.352 e. The van der Waals surface area contributed by atoms with Crippen LogP contribution in [0.5, 0.6) is 0 Å². The average molecular weight is 410 g/mol. The summed E-state index contributed by atoms with van der Waals surface area (Å²) in [6, 6.07) is 9.15. The Bertz CT molecular complexity index is 1190. The van der Waals surface area contributed by atoms with Gasteiger partial charge in [-0.3, -0.25) is 4.79 Å². The fourth-order valence-electron chi connectivity index (χ4n) is 3.18. The van der Waals surface area contributed by atoms with Gasteiger partial charge >= 0.3 is 5.97 Å². The van der Waals surface area contributed by atoms with E-state index >= 15 is 0 Å². The molecule has 1 aromatic heterocycles. The monoisotopic (exact) mass is 410 g/mol. The first-order chi connectivity index (χ1) is 14.3. The van der Waals surface area contributed by atoms with Gasteiger partial charge in [-0.1, -0.05) is 23.8 Å². The number of carboxylic acid groups (broad SMARTS) is 1. The van der Waals surface area contributed by atoms with Crippen LogP contribution in [0.3, 0.4) is 0 Å². The smallest absolute Gasteiger partial charge is 0.352 e. The minimum Gasteiger partial charge on any atom is -0.477 e. The molecule has 0 radical (unpaired) electrons. The summed E-state index contributed by atoms with van der Waals surface area (Å²) in [7, 11) is 0. The molecule has 152 valence electrons. The SMILES string of the molecule is Cc1ccc(NC(=O)c2cnn3c2NC(C(=O)O)=C[C@@H]3c2ccc(F)cc2F)cc1. The number of fused-ring (bicyclic) bond motifs is 1. The highest BCUT2D eigenvalue weighted by molar-refractivity contribution is 6.08. The van der Waals surface area contributed by atoms with E-state index in [1.54, 1.807) is 12.1 Å². The number of halogens is 2. The Morgan fingerprint density at radius 2 is 1.90 bits per heavy atom. The topological polar surface area (TPSA) is 96.3 Å². The number of anilines is 2. The maximum absolute atomic E-state index is 14.4. The van der Waals surface area contributed by atoms with Crippen molar-refractivity contribution in [2.75, 3.05) is 10.6 Å². The number of hydrogen-bond donors (Lipinski definition) is 3. The van der Waals surface area contributed by atoms with Crippen LogP contribution in [0, 0.1) is 18.6 Å². The minimum absolute atomic E-state index is 0.0199. The lowest BCUT2D eigenvalue weighted by Crippen LogP contribution is -2.26. The quantitative estimate of drug-likeness (QED) is 0.610. The lowest BCUT2D eigenvalue weighted by atomic mass is 10.0. The third kappa shape index (κ3) is 3.52. The first-order valence-electron chi connectivity index (χ1n) is 8.96. The number of carboxylic acids is 1. The van der Waals surface area contributed by atoms with Crippen molar-refractivity contribution in [2.45, 2.75) is 13.0 Å². The number of nitrogens with one attached hydrogen (secondary N) is 2. The highest BCUT2D eigenvalue weighted by Gasteiger charge is 2.30. The van der Waals surface area contributed by atoms with Crippen molar-refractivity contribution in [3.05, 3.63) is 88.8 Å². The van der Waals surface area contributed by atoms with Gasteiger partial charge in [0.15, 0.2) is 0 Å². The number of carbonyl (C=O) groups excluding carboxylic acids is 1. The zero-order chi connectivity index (χ0) is 21.4. The van der Waals surface area contributed by atoms with E-state index in [1.165, 1.54) is 23.0 Å². The highest BCUT2D eigenvalue weighted by Crippen LogP contribution is 2.33. The molecule has 7 nitrogen and oxygen atoms in total. The molecule has 4 rings (SSSR count). The summed E-state index contributed by atoms with van der Waals surface area (Å²) in [4.78, 5) is 24.4. The summed E-state index contributed by atoms with van der Waals surface area (Å²) in [5, 5.41) is 19.0. The van der Waals surface area contributed by atoms with E-state index in [0.29, 0.717) is 11.8 Å². The summed E-state index contributed by atoms with van der Waals surface area (Å²) in [5.41, 5.74) is 1.43. The molecule has 3 aromatic rings. The van der Waals surface area contributed by atoms with Gasteiger partial charge in [0.1, 0.15) is 34.8 Å². The van der Waals surface area contributed by atoms with Crippen LogP contribution in [0.25, 0.3) is 0 Å². The Labute approximate surface area is 169 Å². The second kappa shape index (κ2) is 7.43. The number of hydrogen-bond acceptors (Lipinski definition) is 4. The molecule has 9 heteroatoms. The molecule has 0 fully saturated rings. The Balaban J connectivity index is 1.74. The summed E-state index contributed by atoms with van der Waals surface area (Å²) in [6.07, 6.45) is 2.51. The molecule has 30 heavy (non-hydrogen) atoms. The molecule has 3 N–H and O–H groups in total. The summed E-state index contributed by atoms with van der Waals surface area (Å²) < 4.78 is 29.0. The summed E-state index contributed by atoms with van der Waals surface area (Å²) in [6.45, 7) is 1.91. The van der Waals surface area contributed by atoms with E-state index in [4.69, 9.17) is 0 Å². The largest absolute Gasteiger partial charge is 0.477 e. The van der Waals surface area contributed by atoms with Gasteiger partial charge in [0, 0.05) is 17.3 Å². The molecule has 0 unspecified atom stereocenters. The van der Waals surface area contributed by atoms with Gasteiger partial charge in [0.2, 0.25) is 0 Å². The Morgan fingerprint density at radius 1 is 1.17 bits per heavy atom. The molecule has 1 aliphatic rings. The second-order valence-corrected chi connectivity index (χ2v) is 6.79. The van der Waals surface area contributed by atoms with Crippen molar-refractivity contribution in [3.8, 4) is 0 Å². The van der Waals surface area contributed by atoms with Gasteiger partial charge < -0.3 is 15.7 Å². The summed E-state index contributed by atoms with van der Waals surface area (Å²) in [5.74, 6) is -3.33. The minimum atomic E-state index is -1.29. The summed E-state index contributed by atoms with van der Waals surface area (Å²) >= 11 is 0. The molecule has 2 heterocycles. The number of aliphatic carboxylic acids is 1. The van der Waals surface area contributed by atoms with E-state index in [2.05, 4.69) is 15.7 Å². The van der Waals surface area contributed by atoms with Crippen LogP contribution in [0.2, 0.25) is 0 Å². The number of benzene rings is 2. The van der Waals surface area contributed by atoms with Gasteiger partial charge in [-0.05, 0) is 31.2 Å². The highest BCUT2D eigenvalue weighted by atomic mass is 19.1. The molecule has 0 saturated carbocycles. The van der Waals surface area contributed by atoms with Crippen LogP contribution in [-0.2, 0) is 4.79 Å². The van der Waals surface area contributed by atoms with E-state index < -0.39 is 29.6 Å². The lowest BCUT2D eigenvalue weighted by molar-refractivity contribution is -0.132. The van der Waals surface area contributed by atoms with Crippen LogP contribution in [-0.4, -0.2) is 26.8 Å². The molecule has 0 saturated heterocycles. The van der Waals surface area contributed by atoms with Crippen molar-refractivity contribution in [2.24, 2.45) is 0 Å². The van der Waals surface area contributed by atoms with Crippen LogP contribution in [0.1, 0.15) is 27.5 Å². The lowest BCUT2D eigenvalue weighted by Gasteiger charge is -2.24. The van der Waals surface area contributed by atoms with E-state index in [9.17, 15) is 23.5 Å². The molecular weight excluding hydrogens is 394 g/mol. The number of carbonyl (C=O) groups is 2. The standard InChI is InChI=1S/C21H16F2N4O3/c1-11-2-5-13(6-3-11)25-20(28)15-10-24-27-18(9-17(21(29)30)26-19(15)27)14-7-4-12(22)8-16(14)23/h2-10,18,26H,1H3,(H,25,28)(H,29,30)/t18-/m1/s1. The molecule has 0 aliphatic carbocycles. The Kier molecular flexibility index (Phi) is 4.78. The van der Waals surface area contributed by atoms with Crippen LogP contribution < -0.4 is 10.6 Å². The molecule has 1 amide bonds. The van der Waals surface area contributed by atoms with Crippen LogP contribution in [0.4, 0.5) is 20.3 Å². The molecule has 0 spiro atoms. The van der Waals surface area contributed by atoms with Crippen molar-refractivity contribution in [3.63, 3.8) is 0 Å². The number of aromatic nitrogens is 2. The molecule has 0 bridgehead atoms. The fourth-order valence-corrected chi connectivity index (χ4v) is 3.18. The number of rotatable bonds is 4. The van der Waals surface area contributed by atoms with Gasteiger partial charge in [0.25, 0.3) is 5.91 Å². The third-order valence-electron chi connectivity index (χ3n) is 4.70. The predicted molar refractivity (Wildman–Crippen MR) is 105 cm³/mol.